The Balaban J connectivity index is 1.28. The number of rotatable bonds is 2. The fourth-order valence-corrected chi connectivity index (χ4v) is 6.13. The second kappa shape index (κ2) is 8.15. The molecule has 0 unspecified atom stereocenters. The zero-order valence-electron chi connectivity index (χ0n) is 18.6. The third-order valence-corrected chi connectivity index (χ3v) is 7.76. The summed E-state index contributed by atoms with van der Waals surface area (Å²) in [5, 5.41) is 3.13. The Bertz CT molecular complexity index is 1050. The highest BCUT2D eigenvalue weighted by Gasteiger charge is 2.50. The molecule has 4 aliphatic rings. The van der Waals surface area contributed by atoms with E-state index in [-0.39, 0.29) is 43.3 Å². The summed E-state index contributed by atoms with van der Waals surface area (Å²) in [6.07, 6.45) is 3.33. The molecule has 7 nitrogen and oxygen atoms in total. The Morgan fingerprint density at radius 1 is 1.06 bits per heavy atom. The lowest BCUT2D eigenvalue weighted by Crippen LogP contribution is -2.63. The molecule has 33 heavy (non-hydrogen) atoms. The summed E-state index contributed by atoms with van der Waals surface area (Å²) in [6.45, 7) is 1.79. The number of carbonyl (C=O) groups excluding carboxylic acids is 2. The largest absolute Gasteiger partial charge is 0.350 e. The lowest BCUT2D eigenvalue weighted by atomic mass is 9.76. The molecule has 2 aromatic rings. The van der Waals surface area contributed by atoms with Gasteiger partial charge < -0.3 is 24.6 Å². The van der Waals surface area contributed by atoms with Gasteiger partial charge in [-0.25, -0.2) is 4.79 Å². The van der Waals surface area contributed by atoms with Gasteiger partial charge in [0.25, 0.3) is 0 Å². The van der Waals surface area contributed by atoms with Gasteiger partial charge in [-0.2, -0.15) is 0 Å². The quantitative estimate of drug-likeness (QED) is 0.768. The molecule has 0 saturated carbocycles. The molecule has 0 bridgehead atoms. The molecule has 0 aromatic heterocycles. The zero-order chi connectivity index (χ0) is 22.4. The van der Waals surface area contributed by atoms with E-state index in [1.165, 1.54) is 11.1 Å². The molecule has 6 rings (SSSR count). The van der Waals surface area contributed by atoms with Gasteiger partial charge in [-0.15, -0.1) is 0 Å². The topological polar surface area (TPSA) is 71.1 Å². The highest BCUT2D eigenvalue weighted by molar-refractivity contribution is 5.84. The van der Waals surface area contributed by atoms with E-state index in [1.54, 1.807) is 0 Å². The van der Waals surface area contributed by atoms with Gasteiger partial charge in [0.15, 0.2) is 5.72 Å². The third kappa shape index (κ3) is 3.42. The fourth-order valence-electron chi connectivity index (χ4n) is 6.13. The van der Waals surface area contributed by atoms with Gasteiger partial charge in [0.05, 0.1) is 12.0 Å². The van der Waals surface area contributed by atoms with Crippen molar-refractivity contribution >= 4 is 11.9 Å². The van der Waals surface area contributed by atoms with Crippen LogP contribution in [-0.2, 0) is 26.4 Å². The minimum Gasteiger partial charge on any atom is -0.350 e. The van der Waals surface area contributed by atoms with Crippen LogP contribution in [0.5, 0.6) is 0 Å². The number of benzene rings is 2. The van der Waals surface area contributed by atoms with Crippen LogP contribution < -0.4 is 5.32 Å². The Morgan fingerprint density at radius 2 is 1.88 bits per heavy atom. The van der Waals surface area contributed by atoms with Crippen molar-refractivity contribution < 1.29 is 19.1 Å². The molecule has 4 heterocycles. The van der Waals surface area contributed by atoms with Crippen LogP contribution in [-0.4, -0.2) is 54.3 Å². The van der Waals surface area contributed by atoms with Crippen molar-refractivity contribution in [2.24, 2.45) is 5.92 Å². The Morgan fingerprint density at radius 3 is 2.70 bits per heavy atom. The van der Waals surface area contributed by atoms with Crippen LogP contribution in [0, 0.1) is 5.92 Å². The van der Waals surface area contributed by atoms with Crippen molar-refractivity contribution in [2.75, 3.05) is 26.5 Å². The molecule has 172 valence electrons. The lowest BCUT2D eigenvalue weighted by Gasteiger charge is -2.51. The van der Waals surface area contributed by atoms with E-state index in [2.05, 4.69) is 28.4 Å². The van der Waals surface area contributed by atoms with Crippen molar-refractivity contribution in [1.29, 1.82) is 0 Å². The number of likely N-dealkylation sites (tertiary alicyclic amines) is 1. The van der Waals surface area contributed by atoms with Gasteiger partial charge in [-0.05, 0) is 36.8 Å². The van der Waals surface area contributed by atoms with Gasteiger partial charge in [0.2, 0.25) is 5.91 Å². The highest BCUT2D eigenvalue weighted by atomic mass is 16.7. The van der Waals surface area contributed by atoms with E-state index in [0.717, 1.165) is 37.8 Å². The summed E-state index contributed by atoms with van der Waals surface area (Å²) < 4.78 is 11.4. The normalized spacial score (nSPS) is 30.9. The first-order chi connectivity index (χ1) is 16.2. The van der Waals surface area contributed by atoms with Gasteiger partial charge >= 0.3 is 6.03 Å². The number of fused-ring (bicyclic) bond motifs is 4. The molecule has 0 radical (unpaired) electrons. The summed E-state index contributed by atoms with van der Waals surface area (Å²) in [5.74, 6) is 0.0564. The number of amides is 3. The molecular formula is C26H29N3O4. The van der Waals surface area contributed by atoms with E-state index in [1.807, 2.05) is 41.3 Å². The number of nitrogens with zero attached hydrogens (tertiary/aromatic N) is 2. The van der Waals surface area contributed by atoms with Gasteiger partial charge in [0, 0.05) is 24.7 Å². The number of piperidine rings is 2. The van der Waals surface area contributed by atoms with Gasteiger partial charge in [0.1, 0.15) is 13.4 Å². The number of nitrogens with one attached hydrogen (secondary N) is 1. The number of hydrogen-bond acceptors (Lipinski definition) is 4. The van der Waals surface area contributed by atoms with Crippen molar-refractivity contribution in [3.05, 3.63) is 71.3 Å². The molecule has 3 amide bonds. The van der Waals surface area contributed by atoms with Crippen LogP contribution in [0.15, 0.2) is 54.6 Å². The zero-order valence-corrected chi connectivity index (χ0v) is 18.6. The van der Waals surface area contributed by atoms with Crippen molar-refractivity contribution in [1.82, 2.24) is 15.1 Å². The van der Waals surface area contributed by atoms with Crippen LogP contribution in [0.25, 0.3) is 0 Å². The van der Waals surface area contributed by atoms with Crippen LogP contribution in [0.3, 0.4) is 0 Å². The Labute approximate surface area is 193 Å². The molecular weight excluding hydrogens is 418 g/mol. The van der Waals surface area contributed by atoms with Crippen LogP contribution in [0.4, 0.5) is 4.79 Å². The van der Waals surface area contributed by atoms with Crippen molar-refractivity contribution in [3.63, 3.8) is 0 Å². The second-order valence-corrected chi connectivity index (χ2v) is 9.48. The van der Waals surface area contributed by atoms with Crippen LogP contribution in [0.2, 0.25) is 0 Å². The smallest absolute Gasteiger partial charge is 0.320 e. The predicted octanol–water partition coefficient (Wildman–Crippen LogP) is 3.16. The molecule has 0 aliphatic carbocycles. The van der Waals surface area contributed by atoms with Crippen molar-refractivity contribution in [2.45, 2.75) is 43.5 Å². The molecule has 7 heteroatoms. The molecule has 0 spiro atoms. The molecule has 4 aliphatic heterocycles. The second-order valence-electron chi connectivity index (χ2n) is 9.48. The van der Waals surface area contributed by atoms with Gasteiger partial charge in [-0.1, -0.05) is 54.6 Å². The van der Waals surface area contributed by atoms with E-state index >= 15 is 0 Å². The number of ether oxygens (including phenoxy) is 2. The molecule has 1 N–H and O–H groups in total. The number of urea groups is 1. The first-order valence-corrected chi connectivity index (χ1v) is 11.9. The van der Waals surface area contributed by atoms with Crippen LogP contribution in [0.1, 0.15) is 42.0 Å². The molecule has 4 atom stereocenters. The molecule has 3 fully saturated rings. The first-order valence-electron chi connectivity index (χ1n) is 11.9. The molecule has 3 saturated heterocycles. The standard InChI is InChI=1S/C26H29N3O4/c30-24-21-11-6-13-29(23(21)15-22-20-10-5-4-7-18(20)12-14-28(22)24)25(31)27-26(16-32-17-33-26)19-8-2-1-3-9-19/h1-5,7-10,21-23H,6,11-17H2,(H,27,31)/t21-,22+,23-,26+/m1/s1. The average Bonchev–Trinajstić information content (AvgIpc) is 3.34. The summed E-state index contributed by atoms with van der Waals surface area (Å²) in [6, 6.07) is 17.8. The predicted molar refractivity (Wildman–Crippen MR) is 121 cm³/mol. The van der Waals surface area contributed by atoms with E-state index in [9.17, 15) is 9.59 Å². The molecule has 2 aromatic carbocycles. The summed E-state index contributed by atoms with van der Waals surface area (Å²) in [7, 11) is 0. The number of carbonyl (C=O) groups is 2. The average molecular weight is 448 g/mol. The van der Waals surface area contributed by atoms with Crippen LogP contribution >= 0.6 is 0 Å². The Hall–Kier alpha value is -2.90. The fraction of sp³-hybridized carbons (Fsp3) is 0.462. The highest BCUT2D eigenvalue weighted by Crippen LogP contribution is 2.43. The minimum atomic E-state index is -1.01. The maximum Gasteiger partial charge on any atom is 0.320 e. The SMILES string of the molecule is O=C(N[C@@]1(c2ccccc2)COCO1)N1CCC[C@H]2C(=O)N3CCc4ccccc4[C@@H]3C[C@H]21. The monoisotopic (exact) mass is 447 g/mol. The minimum absolute atomic E-state index is 0.0336. The van der Waals surface area contributed by atoms with Gasteiger partial charge in [-0.3, -0.25) is 4.79 Å². The maximum atomic E-state index is 13.7. The third-order valence-electron chi connectivity index (χ3n) is 7.76. The first kappa shape index (κ1) is 20.7. The summed E-state index contributed by atoms with van der Waals surface area (Å²) in [4.78, 5) is 31.1. The Kier molecular flexibility index (Phi) is 5.11. The van der Waals surface area contributed by atoms with E-state index < -0.39 is 5.72 Å². The summed E-state index contributed by atoms with van der Waals surface area (Å²) >= 11 is 0. The lowest BCUT2D eigenvalue weighted by molar-refractivity contribution is -0.148. The maximum absolute atomic E-state index is 13.7. The van der Waals surface area contributed by atoms with E-state index in [4.69, 9.17) is 9.47 Å². The van der Waals surface area contributed by atoms with Crippen molar-refractivity contribution in [3.8, 4) is 0 Å². The summed E-state index contributed by atoms with van der Waals surface area (Å²) in [5.41, 5.74) is 2.40. The number of hydrogen-bond donors (Lipinski definition) is 1. The van der Waals surface area contributed by atoms with E-state index in [0.29, 0.717) is 6.54 Å².